The highest BCUT2D eigenvalue weighted by Crippen LogP contribution is 2.31. The van der Waals surface area contributed by atoms with E-state index < -0.39 is 0 Å². The second-order valence-electron chi connectivity index (χ2n) is 6.69. The summed E-state index contributed by atoms with van der Waals surface area (Å²) in [5, 5.41) is 0. The minimum absolute atomic E-state index is 0.0354. The van der Waals surface area contributed by atoms with Crippen LogP contribution < -0.4 is 0 Å². The number of methoxy groups -OCH3 is 1. The Bertz CT molecular complexity index is 184. The van der Waals surface area contributed by atoms with E-state index in [0.29, 0.717) is 5.92 Å². The lowest BCUT2D eigenvalue weighted by atomic mass is 9.80. The molecule has 0 aromatic carbocycles. The van der Waals surface area contributed by atoms with Crippen molar-refractivity contribution >= 4 is 0 Å². The molecule has 0 aliphatic heterocycles. The molecule has 0 bridgehead atoms. The van der Waals surface area contributed by atoms with Crippen LogP contribution in [0.25, 0.3) is 0 Å². The first kappa shape index (κ1) is 18.0. The van der Waals surface area contributed by atoms with E-state index in [1.165, 1.54) is 51.4 Å². The minimum atomic E-state index is 0.0354. The molecule has 110 valence electrons. The molecule has 0 saturated carbocycles. The Balaban J connectivity index is 3.95. The predicted octanol–water partition coefficient (Wildman–Crippen LogP) is 5.82. The first-order chi connectivity index (χ1) is 8.44. The van der Waals surface area contributed by atoms with Gasteiger partial charge in [0.1, 0.15) is 0 Å². The second-order valence-corrected chi connectivity index (χ2v) is 6.69. The SMILES string of the molecule is CCCCCCCCC(CC(C)C)C(C)(C)OC. The van der Waals surface area contributed by atoms with Crippen molar-refractivity contribution in [2.45, 2.75) is 91.6 Å². The quantitative estimate of drug-likeness (QED) is 0.423. The number of hydrogen-bond acceptors (Lipinski definition) is 1. The molecule has 0 aliphatic carbocycles. The Morgan fingerprint density at radius 1 is 0.944 bits per heavy atom. The maximum absolute atomic E-state index is 5.70. The maximum atomic E-state index is 5.70. The Morgan fingerprint density at radius 3 is 2.00 bits per heavy atom. The van der Waals surface area contributed by atoms with Gasteiger partial charge in [0, 0.05) is 7.11 Å². The number of rotatable bonds is 11. The normalized spacial score (nSPS) is 14.2. The summed E-state index contributed by atoms with van der Waals surface area (Å²) in [6.07, 6.45) is 10.9. The Kier molecular flexibility index (Phi) is 9.81. The van der Waals surface area contributed by atoms with Crippen molar-refractivity contribution in [3.63, 3.8) is 0 Å². The average Bonchev–Trinajstić information content (AvgIpc) is 2.31. The van der Waals surface area contributed by atoms with Crippen molar-refractivity contribution in [3.05, 3.63) is 0 Å². The van der Waals surface area contributed by atoms with E-state index in [2.05, 4.69) is 34.6 Å². The smallest absolute Gasteiger partial charge is 0.0650 e. The molecule has 18 heavy (non-hydrogen) atoms. The van der Waals surface area contributed by atoms with Crippen molar-refractivity contribution in [2.75, 3.05) is 7.11 Å². The maximum Gasteiger partial charge on any atom is 0.0650 e. The molecule has 1 unspecified atom stereocenters. The van der Waals surface area contributed by atoms with Crippen LogP contribution in [0.3, 0.4) is 0 Å². The van der Waals surface area contributed by atoms with E-state index in [9.17, 15) is 0 Å². The monoisotopic (exact) mass is 256 g/mol. The van der Waals surface area contributed by atoms with E-state index in [4.69, 9.17) is 4.74 Å². The van der Waals surface area contributed by atoms with Gasteiger partial charge in [-0.2, -0.15) is 0 Å². The van der Waals surface area contributed by atoms with Crippen LogP contribution in [0.4, 0.5) is 0 Å². The molecule has 1 heteroatoms. The van der Waals surface area contributed by atoms with Gasteiger partial charge < -0.3 is 4.74 Å². The van der Waals surface area contributed by atoms with Crippen LogP contribution in [0.15, 0.2) is 0 Å². The third-order valence-electron chi connectivity index (χ3n) is 4.17. The summed E-state index contributed by atoms with van der Waals surface area (Å²) >= 11 is 0. The number of ether oxygens (including phenoxy) is 1. The second kappa shape index (κ2) is 9.83. The van der Waals surface area contributed by atoms with Crippen molar-refractivity contribution in [3.8, 4) is 0 Å². The van der Waals surface area contributed by atoms with Crippen LogP contribution in [0.2, 0.25) is 0 Å². The van der Waals surface area contributed by atoms with Crippen LogP contribution in [-0.4, -0.2) is 12.7 Å². The fraction of sp³-hybridized carbons (Fsp3) is 1.00. The summed E-state index contributed by atoms with van der Waals surface area (Å²) < 4.78 is 5.70. The highest BCUT2D eigenvalue weighted by atomic mass is 16.5. The highest BCUT2D eigenvalue weighted by molar-refractivity contribution is 4.80. The minimum Gasteiger partial charge on any atom is -0.379 e. The molecule has 0 aliphatic rings. The van der Waals surface area contributed by atoms with Crippen LogP contribution >= 0.6 is 0 Å². The summed E-state index contributed by atoms with van der Waals surface area (Å²) in [5.41, 5.74) is 0.0354. The molecule has 1 atom stereocenters. The molecular weight excluding hydrogens is 220 g/mol. The summed E-state index contributed by atoms with van der Waals surface area (Å²) in [6, 6.07) is 0. The molecule has 1 nitrogen and oxygen atoms in total. The van der Waals surface area contributed by atoms with Crippen molar-refractivity contribution in [2.24, 2.45) is 11.8 Å². The molecule has 0 saturated heterocycles. The largest absolute Gasteiger partial charge is 0.379 e. The van der Waals surface area contributed by atoms with Crippen molar-refractivity contribution in [1.82, 2.24) is 0 Å². The standard InChI is InChI=1S/C17H36O/c1-7-8-9-10-11-12-13-16(14-15(2)3)17(4,5)18-6/h15-16H,7-14H2,1-6H3. The molecule has 0 heterocycles. The fourth-order valence-corrected chi connectivity index (χ4v) is 2.66. The molecule has 0 spiro atoms. The van der Waals surface area contributed by atoms with Gasteiger partial charge in [-0.1, -0.05) is 59.3 Å². The van der Waals surface area contributed by atoms with Gasteiger partial charge in [0.2, 0.25) is 0 Å². The van der Waals surface area contributed by atoms with E-state index in [0.717, 1.165) is 5.92 Å². The molecular formula is C17H36O. The topological polar surface area (TPSA) is 9.23 Å². The number of unbranched alkanes of at least 4 members (excludes halogenated alkanes) is 5. The van der Waals surface area contributed by atoms with Gasteiger partial charge >= 0.3 is 0 Å². The van der Waals surface area contributed by atoms with Gasteiger partial charge in [-0.05, 0) is 38.5 Å². The lowest BCUT2D eigenvalue weighted by Crippen LogP contribution is -2.34. The molecule has 0 fully saturated rings. The van der Waals surface area contributed by atoms with E-state index in [-0.39, 0.29) is 5.60 Å². The van der Waals surface area contributed by atoms with Crippen LogP contribution in [0.1, 0.15) is 86.0 Å². The number of hydrogen-bond donors (Lipinski definition) is 0. The van der Waals surface area contributed by atoms with Crippen LogP contribution in [-0.2, 0) is 4.74 Å². The summed E-state index contributed by atoms with van der Waals surface area (Å²) in [5.74, 6) is 1.47. The molecule has 0 rings (SSSR count). The van der Waals surface area contributed by atoms with Crippen LogP contribution in [0, 0.1) is 11.8 Å². The molecule has 0 amide bonds. The van der Waals surface area contributed by atoms with Crippen LogP contribution in [0.5, 0.6) is 0 Å². The third kappa shape index (κ3) is 8.13. The zero-order chi connectivity index (χ0) is 14.0. The summed E-state index contributed by atoms with van der Waals surface area (Å²) in [4.78, 5) is 0. The Morgan fingerprint density at radius 2 is 1.50 bits per heavy atom. The molecule has 0 radical (unpaired) electrons. The molecule has 0 N–H and O–H groups in total. The zero-order valence-electron chi connectivity index (χ0n) is 13.7. The summed E-state index contributed by atoms with van der Waals surface area (Å²) in [6.45, 7) is 11.4. The average molecular weight is 256 g/mol. The Hall–Kier alpha value is -0.0400. The van der Waals surface area contributed by atoms with Gasteiger partial charge in [0.25, 0.3) is 0 Å². The van der Waals surface area contributed by atoms with E-state index in [1.807, 2.05) is 7.11 Å². The molecule has 0 aromatic rings. The Labute approximate surface area is 116 Å². The van der Waals surface area contributed by atoms with Gasteiger partial charge in [-0.15, -0.1) is 0 Å². The first-order valence-corrected chi connectivity index (χ1v) is 7.99. The zero-order valence-corrected chi connectivity index (χ0v) is 13.7. The summed E-state index contributed by atoms with van der Waals surface area (Å²) in [7, 11) is 1.86. The van der Waals surface area contributed by atoms with E-state index >= 15 is 0 Å². The predicted molar refractivity (Wildman–Crippen MR) is 82.0 cm³/mol. The lowest BCUT2D eigenvalue weighted by molar-refractivity contribution is -0.0383. The first-order valence-electron chi connectivity index (χ1n) is 7.99. The van der Waals surface area contributed by atoms with Gasteiger partial charge in [-0.3, -0.25) is 0 Å². The van der Waals surface area contributed by atoms with Gasteiger partial charge in [0.15, 0.2) is 0 Å². The van der Waals surface area contributed by atoms with Crippen molar-refractivity contribution < 1.29 is 4.74 Å². The molecule has 0 aromatic heterocycles. The van der Waals surface area contributed by atoms with E-state index in [1.54, 1.807) is 0 Å². The third-order valence-corrected chi connectivity index (χ3v) is 4.17. The fourth-order valence-electron chi connectivity index (χ4n) is 2.66. The van der Waals surface area contributed by atoms with Gasteiger partial charge in [0.05, 0.1) is 5.60 Å². The van der Waals surface area contributed by atoms with Gasteiger partial charge in [-0.25, -0.2) is 0 Å². The highest BCUT2D eigenvalue weighted by Gasteiger charge is 2.29. The lowest BCUT2D eigenvalue weighted by Gasteiger charge is -2.34. The van der Waals surface area contributed by atoms with Crippen molar-refractivity contribution in [1.29, 1.82) is 0 Å².